The van der Waals surface area contributed by atoms with E-state index in [2.05, 4.69) is 5.10 Å². The van der Waals surface area contributed by atoms with Crippen LogP contribution in [0.4, 0.5) is 0 Å². The number of nitrogens with zero attached hydrogens (tertiary/aromatic N) is 1. The summed E-state index contributed by atoms with van der Waals surface area (Å²) in [7, 11) is 0. The largest absolute Gasteiger partial charge is 0.312 e. The molecule has 0 spiro atoms. The third kappa shape index (κ3) is 2.62. The highest BCUT2D eigenvalue weighted by Crippen LogP contribution is 2.26. The van der Waals surface area contributed by atoms with E-state index in [1.54, 1.807) is 0 Å². The van der Waals surface area contributed by atoms with Gasteiger partial charge in [0.05, 0.1) is 0 Å². The van der Waals surface area contributed by atoms with Crippen molar-refractivity contribution in [2.75, 3.05) is 0 Å². The standard InChI is InChI=1S/C12H18N2O2/c15-11-6-8-13-14(12(11)16)9-7-10-4-2-1-3-5-10/h6,8,10,13H,1-5,7,9H2. The fourth-order valence-electron chi connectivity index (χ4n) is 2.42. The number of rotatable bonds is 3. The van der Waals surface area contributed by atoms with Gasteiger partial charge in [0.15, 0.2) is 0 Å². The number of aromatic amines is 1. The molecule has 0 atom stereocenters. The zero-order valence-corrected chi connectivity index (χ0v) is 9.45. The molecule has 0 bridgehead atoms. The van der Waals surface area contributed by atoms with Gasteiger partial charge < -0.3 is 5.10 Å². The van der Waals surface area contributed by atoms with E-state index >= 15 is 0 Å². The molecule has 1 aliphatic carbocycles. The van der Waals surface area contributed by atoms with E-state index in [1.807, 2.05) is 0 Å². The van der Waals surface area contributed by atoms with Gasteiger partial charge >= 0.3 is 5.56 Å². The highest BCUT2D eigenvalue weighted by Gasteiger charge is 2.13. The molecule has 2 rings (SSSR count). The van der Waals surface area contributed by atoms with Crippen molar-refractivity contribution in [3.63, 3.8) is 0 Å². The zero-order chi connectivity index (χ0) is 11.4. The Morgan fingerprint density at radius 1 is 1.25 bits per heavy atom. The molecule has 0 aromatic carbocycles. The number of aryl methyl sites for hydroxylation is 1. The normalized spacial score (nSPS) is 17.5. The molecule has 0 saturated heterocycles. The lowest BCUT2D eigenvalue weighted by molar-refractivity contribution is 0.316. The van der Waals surface area contributed by atoms with Crippen LogP contribution in [0.3, 0.4) is 0 Å². The van der Waals surface area contributed by atoms with Gasteiger partial charge in [-0.2, -0.15) is 0 Å². The molecular weight excluding hydrogens is 204 g/mol. The quantitative estimate of drug-likeness (QED) is 0.788. The first-order valence-corrected chi connectivity index (χ1v) is 6.06. The average molecular weight is 222 g/mol. The fraction of sp³-hybridized carbons (Fsp3) is 0.667. The molecule has 1 heterocycles. The van der Waals surface area contributed by atoms with Crippen LogP contribution in [0, 0.1) is 5.92 Å². The van der Waals surface area contributed by atoms with Crippen molar-refractivity contribution in [3.8, 4) is 0 Å². The lowest BCUT2D eigenvalue weighted by atomic mass is 9.87. The van der Waals surface area contributed by atoms with Crippen LogP contribution in [-0.4, -0.2) is 9.78 Å². The van der Waals surface area contributed by atoms with Gasteiger partial charge in [-0.25, -0.2) is 4.68 Å². The maximum absolute atomic E-state index is 11.5. The predicted octanol–water partition coefficient (Wildman–Crippen LogP) is 1.51. The monoisotopic (exact) mass is 222 g/mol. The summed E-state index contributed by atoms with van der Waals surface area (Å²) in [6, 6.07) is 1.28. The Morgan fingerprint density at radius 3 is 2.75 bits per heavy atom. The predicted molar refractivity (Wildman–Crippen MR) is 62.5 cm³/mol. The summed E-state index contributed by atoms with van der Waals surface area (Å²) in [5, 5.41) is 2.82. The molecule has 16 heavy (non-hydrogen) atoms. The summed E-state index contributed by atoms with van der Waals surface area (Å²) in [6.07, 6.45) is 9.04. The smallest absolute Gasteiger partial charge is 0.303 e. The zero-order valence-electron chi connectivity index (χ0n) is 9.45. The van der Waals surface area contributed by atoms with E-state index in [1.165, 1.54) is 49.0 Å². The third-order valence-corrected chi connectivity index (χ3v) is 3.41. The number of H-pyrrole nitrogens is 1. The fourth-order valence-corrected chi connectivity index (χ4v) is 2.42. The second kappa shape index (κ2) is 5.14. The summed E-state index contributed by atoms with van der Waals surface area (Å²) in [4.78, 5) is 22.6. The summed E-state index contributed by atoms with van der Waals surface area (Å²) in [6.45, 7) is 0.638. The lowest BCUT2D eigenvalue weighted by Gasteiger charge is -2.21. The molecule has 1 aromatic heterocycles. The third-order valence-electron chi connectivity index (χ3n) is 3.41. The van der Waals surface area contributed by atoms with E-state index in [-0.39, 0.29) is 0 Å². The molecule has 88 valence electrons. The Hall–Kier alpha value is -1.32. The van der Waals surface area contributed by atoms with Gasteiger partial charge in [0.25, 0.3) is 0 Å². The second-order valence-electron chi connectivity index (χ2n) is 4.58. The van der Waals surface area contributed by atoms with E-state index in [0.29, 0.717) is 6.54 Å². The van der Waals surface area contributed by atoms with Crippen LogP contribution in [0.15, 0.2) is 21.9 Å². The minimum Gasteiger partial charge on any atom is -0.303 e. The topological polar surface area (TPSA) is 54.9 Å². The van der Waals surface area contributed by atoms with Crippen LogP contribution in [0.1, 0.15) is 38.5 Å². The molecule has 0 radical (unpaired) electrons. The van der Waals surface area contributed by atoms with Gasteiger partial charge in [0.2, 0.25) is 5.43 Å². The van der Waals surface area contributed by atoms with E-state index in [0.717, 1.165) is 12.3 Å². The van der Waals surface area contributed by atoms with Gasteiger partial charge in [-0.3, -0.25) is 9.59 Å². The first-order chi connectivity index (χ1) is 7.77. The van der Waals surface area contributed by atoms with Crippen molar-refractivity contribution in [1.29, 1.82) is 0 Å². The highest BCUT2D eigenvalue weighted by molar-refractivity contribution is 4.86. The molecule has 1 aliphatic rings. The van der Waals surface area contributed by atoms with Crippen LogP contribution in [0.5, 0.6) is 0 Å². The van der Waals surface area contributed by atoms with Crippen LogP contribution >= 0.6 is 0 Å². The maximum atomic E-state index is 11.5. The molecule has 1 aromatic rings. The molecule has 4 nitrogen and oxygen atoms in total. The molecule has 1 N–H and O–H groups in total. The summed E-state index contributed by atoms with van der Waals surface area (Å²) < 4.78 is 1.43. The Balaban J connectivity index is 1.96. The molecule has 4 heteroatoms. The first kappa shape index (κ1) is 11.2. The Bertz CT molecular complexity index is 441. The SMILES string of the molecule is O=c1cc[nH]n(CCC2CCCCC2)c1=O. The number of hydrogen-bond acceptors (Lipinski definition) is 2. The molecular formula is C12H18N2O2. The molecule has 0 unspecified atom stereocenters. The van der Waals surface area contributed by atoms with Gasteiger partial charge in [-0.05, 0) is 12.3 Å². The van der Waals surface area contributed by atoms with Crippen molar-refractivity contribution in [1.82, 2.24) is 9.78 Å². The minimum atomic E-state index is -0.432. The number of hydrogen-bond donors (Lipinski definition) is 1. The van der Waals surface area contributed by atoms with Crippen LogP contribution in [0.25, 0.3) is 0 Å². The lowest BCUT2D eigenvalue weighted by Crippen LogP contribution is -2.35. The van der Waals surface area contributed by atoms with Crippen LogP contribution < -0.4 is 11.0 Å². The molecule has 0 aliphatic heterocycles. The minimum absolute atomic E-state index is 0.428. The van der Waals surface area contributed by atoms with Gasteiger partial charge in [0, 0.05) is 18.8 Å². The highest BCUT2D eigenvalue weighted by atomic mass is 16.2. The van der Waals surface area contributed by atoms with E-state index in [4.69, 9.17) is 0 Å². The van der Waals surface area contributed by atoms with Crippen molar-refractivity contribution in [2.24, 2.45) is 5.92 Å². The summed E-state index contributed by atoms with van der Waals surface area (Å²) in [5.41, 5.74) is -0.860. The molecule has 1 fully saturated rings. The van der Waals surface area contributed by atoms with Crippen molar-refractivity contribution in [3.05, 3.63) is 32.8 Å². The number of nitrogens with one attached hydrogen (secondary N) is 1. The maximum Gasteiger partial charge on any atom is 0.312 e. The van der Waals surface area contributed by atoms with Crippen LogP contribution in [0.2, 0.25) is 0 Å². The molecule has 0 amide bonds. The van der Waals surface area contributed by atoms with Crippen molar-refractivity contribution in [2.45, 2.75) is 45.1 Å². The van der Waals surface area contributed by atoms with Crippen molar-refractivity contribution >= 4 is 0 Å². The Labute approximate surface area is 94.3 Å². The van der Waals surface area contributed by atoms with Crippen molar-refractivity contribution < 1.29 is 0 Å². The Morgan fingerprint density at radius 2 is 2.00 bits per heavy atom. The number of aromatic nitrogens is 2. The Kier molecular flexibility index (Phi) is 3.59. The van der Waals surface area contributed by atoms with Crippen LogP contribution in [-0.2, 0) is 6.54 Å². The second-order valence-corrected chi connectivity index (χ2v) is 4.58. The van der Waals surface area contributed by atoms with Gasteiger partial charge in [-0.15, -0.1) is 0 Å². The van der Waals surface area contributed by atoms with E-state index < -0.39 is 11.0 Å². The van der Waals surface area contributed by atoms with Gasteiger partial charge in [0.1, 0.15) is 0 Å². The average Bonchev–Trinajstić information content (AvgIpc) is 2.32. The first-order valence-electron chi connectivity index (χ1n) is 6.06. The summed E-state index contributed by atoms with van der Waals surface area (Å²) in [5.74, 6) is 0.726. The molecule has 1 saturated carbocycles. The summed E-state index contributed by atoms with van der Waals surface area (Å²) >= 11 is 0. The van der Waals surface area contributed by atoms with E-state index in [9.17, 15) is 9.59 Å². The van der Waals surface area contributed by atoms with Gasteiger partial charge in [-0.1, -0.05) is 32.1 Å².